The highest BCUT2D eigenvalue weighted by Gasteiger charge is 2.19. The Labute approximate surface area is 123 Å². The van der Waals surface area contributed by atoms with Gasteiger partial charge in [0.05, 0.1) is 15.5 Å². The second-order valence-electron chi connectivity index (χ2n) is 4.32. The molecule has 2 rings (SSSR count). The van der Waals surface area contributed by atoms with Crippen LogP contribution in [0.2, 0.25) is 0 Å². The van der Waals surface area contributed by atoms with E-state index >= 15 is 0 Å². The van der Waals surface area contributed by atoms with E-state index < -0.39 is 10.7 Å². The Balaban J connectivity index is 2.33. The van der Waals surface area contributed by atoms with Gasteiger partial charge in [-0.05, 0) is 34.5 Å². The first-order chi connectivity index (χ1) is 9.49. The predicted octanol–water partition coefficient (Wildman–Crippen LogP) is 4.67. The number of anilines is 1. The van der Waals surface area contributed by atoms with Gasteiger partial charge in [-0.3, -0.25) is 10.1 Å². The molecule has 0 spiro atoms. The van der Waals surface area contributed by atoms with Crippen molar-refractivity contribution in [2.24, 2.45) is 0 Å². The topological polar surface area (TPSA) is 55.2 Å². The predicted molar refractivity (Wildman–Crippen MR) is 79.2 cm³/mol. The zero-order valence-electron chi connectivity index (χ0n) is 10.6. The first-order valence-electron chi connectivity index (χ1n) is 5.94. The Bertz CT molecular complexity index is 635. The molecule has 0 unspecified atom stereocenters. The molecule has 0 aliphatic rings. The van der Waals surface area contributed by atoms with Crippen molar-refractivity contribution in [1.82, 2.24) is 0 Å². The number of hydrogen-bond donors (Lipinski definition) is 1. The standard InChI is InChI=1S/C14H12BrFN2O2/c1-9(10-5-3-2-4-6-10)17-13-7-11(15)12(16)8-14(13)18(19)20/h2-9,17H,1H3/t9-/m1/s1. The second kappa shape index (κ2) is 6.00. The molecule has 1 N–H and O–H groups in total. The summed E-state index contributed by atoms with van der Waals surface area (Å²) in [6, 6.07) is 11.7. The fraction of sp³-hybridized carbons (Fsp3) is 0.143. The first kappa shape index (κ1) is 14.5. The van der Waals surface area contributed by atoms with Crippen molar-refractivity contribution >= 4 is 27.3 Å². The SMILES string of the molecule is C[C@@H](Nc1cc(Br)c(F)cc1[N+](=O)[O-])c1ccccc1. The fourth-order valence-corrected chi connectivity index (χ4v) is 2.20. The third kappa shape index (κ3) is 3.14. The molecule has 104 valence electrons. The van der Waals surface area contributed by atoms with Crippen LogP contribution in [-0.4, -0.2) is 4.92 Å². The summed E-state index contributed by atoms with van der Waals surface area (Å²) >= 11 is 3.04. The minimum atomic E-state index is -0.658. The zero-order valence-corrected chi connectivity index (χ0v) is 12.2. The molecule has 1 atom stereocenters. The summed E-state index contributed by atoms with van der Waals surface area (Å²) in [6.45, 7) is 1.89. The maximum Gasteiger partial charge on any atom is 0.295 e. The first-order valence-corrected chi connectivity index (χ1v) is 6.73. The average Bonchev–Trinajstić information content (AvgIpc) is 2.43. The minimum absolute atomic E-state index is 0.132. The van der Waals surface area contributed by atoms with Gasteiger partial charge in [-0.15, -0.1) is 0 Å². The lowest BCUT2D eigenvalue weighted by atomic mass is 10.1. The molecule has 2 aromatic rings. The van der Waals surface area contributed by atoms with Crippen molar-refractivity contribution in [3.63, 3.8) is 0 Å². The largest absolute Gasteiger partial charge is 0.373 e. The quantitative estimate of drug-likeness (QED) is 0.651. The van der Waals surface area contributed by atoms with Crippen LogP contribution in [0.1, 0.15) is 18.5 Å². The second-order valence-corrected chi connectivity index (χ2v) is 5.17. The molecule has 0 fully saturated rings. The van der Waals surface area contributed by atoms with Gasteiger partial charge in [0.15, 0.2) is 0 Å². The molecule has 20 heavy (non-hydrogen) atoms. The van der Waals surface area contributed by atoms with Crippen molar-refractivity contribution in [2.45, 2.75) is 13.0 Å². The highest BCUT2D eigenvalue weighted by molar-refractivity contribution is 9.10. The van der Waals surface area contributed by atoms with Crippen LogP contribution in [0.15, 0.2) is 46.9 Å². The van der Waals surface area contributed by atoms with E-state index in [1.54, 1.807) is 0 Å². The lowest BCUT2D eigenvalue weighted by Gasteiger charge is -2.16. The summed E-state index contributed by atoms with van der Waals surface area (Å²) in [7, 11) is 0. The highest BCUT2D eigenvalue weighted by atomic mass is 79.9. The number of nitro benzene ring substituents is 1. The molecule has 0 radical (unpaired) electrons. The normalized spacial score (nSPS) is 11.9. The van der Waals surface area contributed by atoms with Gasteiger partial charge in [-0.2, -0.15) is 0 Å². The van der Waals surface area contributed by atoms with E-state index in [0.29, 0.717) is 0 Å². The van der Waals surface area contributed by atoms with Gasteiger partial charge in [-0.25, -0.2) is 4.39 Å². The van der Waals surface area contributed by atoms with Crippen LogP contribution < -0.4 is 5.32 Å². The highest BCUT2D eigenvalue weighted by Crippen LogP contribution is 2.32. The molecule has 2 aromatic carbocycles. The molecule has 0 saturated heterocycles. The van der Waals surface area contributed by atoms with Gasteiger partial charge in [-0.1, -0.05) is 30.3 Å². The summed E-state index contributed by atoms with van der Waals surface area (Å²) in [4.78, 5) is 10.4. The van der Waals surface area contributed by atoms with Crippen molar-refractivity contribution in [3.05, 3.63) is 68.4 Å². The molecule has 0 bridgehead atoms. The smallest absolute Gasteiger partial charge is 0.295 e. The van der Waals surface area contributed by atoms with Gasteiger partial charge in [0.1, 0.15) is 11.5 Å². The van der Waals surface area contributed by atoms with Crippen LogP contribution in [0.3, 0.4) is 0 Å². The van der Waals surface area contributed by atoms with Crippen LogP contribution in [-0.2, 0) is 0 Å². The number of rotatable bonds is 4. The number of nitrogens with one attached hydrogen (secondary N) is 1. The lowest BCUT2D eigenvalue weighted by molar-refractivity contribution is -0.384. The van der Waals surface area contributed by atoms with E-state index in [9.17, 15) is 14.5 Å². The van der Waals surface area contributed by atoms with Gasteiger partial charge in [0.25, 0.3) is 5.69 Å². The molecular weight excluding hydrogens is 327 g/mol. The zero-order chi connectivity index (χ0) is 14.7. The Kier molecular flexibility index (Phi) is 4.34. The van der Waals surface area contributed by atoms with Crippen molar-refractivity contribution < 1.29 is 9.31 Å². The number of halogens is 2. The molecule has 0 aliphatic carbocycles. The van der Waals surface area contributed by atoms with E-state index in [4.69, 9.17) is 0 Å². The lowest BCUT2D eigenvalue weighted by Crippen LogP contribution is -2.08. The fourth-order valence-electron chi connectivity index (χ4n) is 1.86. The van der Waals surface area contributed by atoms with Gasteiger partial charge < -0.3 is 5.32 Å². The molecular formula is C14H12BrFN2O2. The van der Waals surface area contributed by atoms with Crippen molar-refractivity contribution in [2.75, 3.05) is 5.32 Å². The van der Waals surface area contributed by atoms with Gasteiger partial charge in [0.2, 0.25) is 0 Å². The summed E-state index contributed by atoms with van der Waals surface area (Å²) in [5.74, 6) is -0.658. The molecule has 6 heteroatoms. The summed E-state index contributed by atoms with van der Waals surface area (Å²) in [5.41, 5.74) is 0.982. The maximum atomic E-state index is 13.4. The molecule has 4 nitrogen and oxygen atoms in total. The minimum Gasteiger partial charge on any atom is -0.373 e. The summed E-state index contributed by atoms with van der Waals surface area (Å²) in [6.07, 6.45) is 0. The van der Waals surface area contributed by atoms with Gasteiger partial charge in [0, 0.05) is 6.04 Å². The summed E-state index contributed by atoms with van der Waals surface area (Å²) < 4.78 is 13.6. The maximum absolute atomic E-state index is 13.4. The van der Waals surface area contributed by atoms with E-state index in [1.165, 1.54) is 6.07 Å². The Morgan fingerprint density at radius 3 is 2.55 bits per heavy atom. The van der Waals surface area contributed by atoms with Crippen LogP contribution in [0.25, 0.3) is 0 Å². The third-order valence-electron chi connectivity index (χ3n) is 2.91. The van der Waals surface area contributed by atoms with E-state index in [1.807, 2.05) is 37.3 Å². The molecule has 0 aromatic heterocycles. The molecule has 0 amide bonds. The Hall–Kier alpha value is -1.95. The molecule has 0 aliphatic heterocycles. The van der Waals surface area contributed by atoms with Crippen LogP contribution in [0.4, 0.5) is 15.8 Å². The number of hydrogen-bond acceptors (Lipinski definition) is 3. The van der Waals surface area contributed by atoms with Crippen molar-refractivity contribution in [1.29, 1.82) is 0 Å². The molecule has 0 saturated carbocycles. The molecule has 0 heterocycles. The average molecular weight is 339 g/mol. The van der Waals surface area contributed by atoms with E-state index in [2.05, 4.69) is 21.2 Å². The van der Waals surface area contributed by atoms with E-state index in [0.717, 1.165) is 11.6 Å². The Morgan fingerprint density at radius 2 is 1.95 bits per heavy atom. The van der Waals surface area contributed by atoms with Crippen molar-refractivity contribution in [3.8, 4) is 0 Å². The van der Waals surface area contributed by atoms with Gasteiger partial charge >= 0.3 is 0 Å². The number of nitrogens with zero attached hydrogens (tertiary/aromatic N) is 1. The van der Waals surface area contributed by atoms with E-state index in [-0.39, 0.29) is 21.9 Å². The third-order valence-corrected chi connectivity index (χ3v) is 3.51. The summed E-state index contributed by atoms with van der Waals surface area (Å²) in [5, 5.41) is 14.0. The monoisotopic (exact) mass is 338 g/mol. The van der Waals surface area contributed by atoms with Crippen LogP contribution in [0, 0.1) is 15.9 Å². The van der Waals surface area contributed by atoms with Crippen LogP contribution in [0.5, 0.6) is 0 Å². The Morgan fingerprint density at radius 1 is 1.30 bits per heavy atom. The van der Waals surface area contributed by atoms with Crippen LogP contribution >= 0.6 is 15.9 Å². The number of benzene rings is 2. The number of nitro groups is 1.